The summed E-state index contributed by atoms with van der Waals surface area (Å²) in [5.41, 5.74) is 2.81. The van der Waals surface area contributed by atoms with Crippen molar-refractivity contribution in [3.63, 3.8) is 0 Å². The molecule has 2 aliphatic rings. The molecule has 0 N–H and O–H groups in total. The standard InChI is InChI=1S/C19H28N2O/c1-15-8-5-6-9-17(15)14-20-12-7-3-4-10-19-18(20)11-13-21(19)16(2)22/h5-6,8-9,18-19H,3-4,7,10-14H2,1-2H3/t18-,19+/m0/s1. The minimum absolute atomic E-state index is 0.254. The number of carbonyl (C=O) groups is 1. The van der Waals surface area contributed by atoms with E-state index in [0.29, 0.717) is 12.1 Å². The Morgan fingerprint density at radius 1 is 1.09 bits per heavy atom. The largest absolute Gasteiger partial charge is 0.338 e. The average Bonchev–Trinajstić information content (AvgIpc) is 2.88. The summed E-state index contributed by atoms with van der Waals surface area (Å²) in [6.45, 7) is 7.07. The molecule has 0 aliphatic carbocycles. The molecule has 1 aromatic carbocycles. The predicted molar refractivity (Wildman–Crippen MR) is 89.6 cm³/mol. The van der Waals surface area contributed by atoms with Crippen molar-refractivity contribution in [3.8, 4) is 0 Å². The second-order valence-corrected chi connectivity index (χ2v) is 6.88. The Balaban J connectivity index is 1.79. The number of fused-ring (bicyclic) bond motifs is 1. The van der Waals surface area contributed by atoms with Crippen LogP contribution >= 0.6 is 0 Å². The monoisotopic (exact) mass is 300 g/mol. The van der Waals surface area contributed by atoms with Crippen molar-refractivity contribution in [1.82, 2.24) is 9.80 Å². The molecule has 0 radical (unpaired) electrons. The molecule has 0 unspecified atom stereocenters. The van der Waals surface area contributed by atoms with Crippen molar-refractivity contribution in [3.05, 3.63) is 35.4 Å². The maximum absolute atomic E-state index is 11.9. The van der Waals surface area contributed by atoms with Crippen LogP contribution in [0, 0.1) is 6.92 Å². The van der Waals surface area contributed by atoms with Crippen LogP contribution in [-0.4, -0.2) is 40.9 Å². The number of hydrogen-bond acceptors (Lipinski definition) is 2. The fourth-order valence-electron chi connectivity index (χ4n) is 4.22. The lowest BCUT2D eigenvalue weighted by atomic mass is 9.96. The van der Waals surface area contributed by atoms with Gasteiger partial charge < -0.3 is 4.90 Å². The van der Waals surface area contributed by atoms with Gasteiger partial charge in [-0.05, 0) is 43.9 Å². The Bertz CT molecular complexity index is 528. The third-order valence-electron chi connectivity index (χ3n) is 5.46. The Labute approximate surface area is 134 Å². The van der Waals surface area contributed by atoms with E-state index < -0.39 is 0 Å². The highest BCUT2D eigenvalue weighted by atomic mass is 16.2. The van der Waals surface area contributed by atoms with E-state index in [1.807, 2.05) is 0 Å². The lowest BCUT2D eigenvalue weighted by Gasteiger charge is -2.37. The van der Waals surface area contributed by atoms with Crippen LogP contribution in [0.5, 0.6) is 0 Å². The van der Waals surface area contributed by atoms with Crippen LogP contribution in [0.3, 0.4) is 0 Å². The number of nitrogens with zero attached hydrogens (tertiary/aromatic N) is 2. The van der Waals surface area contributed by atoms with Crippen molar-refractivity contribution in [2.24, 2.45) is 0 Å². The number of carbonyl (C=O) groups excluding carboxylic acids is 1. The molecule has 2 heterocycles. The molecular weight excluding hydrogens is 272 g/mol. The lowest BCUT2D eigenvalue weighted by Crippen LogP contribution is -2.47. The highest BCUT2D eigenvalue weighted by Gasteiger charge is 2.39. The van der Waals surface area contributed by atoms with Crippen LogP contribution in [0.15, 0.2) is 24.3 Å². The van der Waals surface area contributed by atoms with Crippen molar-refractivity contribution in [1.29, 1.82) is 0 Å². The van der Waals surface area contributed by atoms with Gasteiger partial charge in [0.1, 0.15) is 0 Å². The molecule has 2 aliphatic heterocycles. The second-order valence-electron chi connectivity index (χ2n) is 6.88. The summed E-state index contributed by atoms with van der Waals surface area (Å²) in [5.74, 6) is 0.254. The van der Waals surface area contributed by atoms with Crippen molar-refractivity contribution in [2.45, 2.75) is 64.6 Å². The Kier molecular flexibility index (Phi) is 4.82. The van der Waals surface area contributed by atoms with E-state index in [0.717, 1.165) is 19.5 Å². The molecule has 2 atom stereocenters. The Morgan fingerprint density at radius 2 is 1.91 bits per heavy atom. The lowest BCUT2D eigenvalue weighted by molar-refractivity contribution is -0.130. The molecule has 2 fully saturated rings. The zero-order chi connectivity index (χ0) is 15.5. The molecule has 120 valence electrons. The van der Waals surface area contributed by atoms with Gasteiger partial charge in [-0.15, -0.1) is 0 Å². The molecular formula is C19H28N2O. The fourth-order valence-corrected chi connectivity index (χ4v) is 4.22. The number of rotatable bonds is 2. The smallest absolute Gasteiger partial charge is 0.219 e. The van der Waals surface area contributed by atoms with Crippen LogP contribution < -0.4 is 0 Å². The van der Waals surface area contributed by atoms with Gasteiger partial charge in [0.2, 0.25) is 5.91 Å². The maximum atomic E-state index is 11.9. The normalized spacial score (nSPS) is 26.4. The van der Waals surface area contributed by atoms with Gasteiger partial charge in [0.05, 0.1) is 0 Å². The van der Waals surface area contributed by atoms with E-state index in [4.69, 9.17) is 0 Å². The molecule has 2 saturated heterocycles. The number of aryl methyl sites for hydroxylation is 1. The van der Waals surface area contributed by atoms with Gasteiger partial charge >= 0.3 is 0 Å². The maximum Gasteiger partial charge on any atom is 0.219 e. The summed E-state index contributed by atoms with van der Waals surface area (Å²) in [4.78, 5) is 16.7. The number of likely N-dealkylation sites (tertiary alicyclic amines) is 2. The summed E-state index contributed by atoms with van der Waals surface area (Å²) in [6, 6.07) is 9.68. The van der Waals surface area contributed by atoms with Gasteiger partial charge in [-0.1, -0.05) is 37.1 Å². The fraction of sp³-hybridized carbons (Fsp3) is 0.632. The first-order valence-corrected chi connectivity index (χ1v) is 8.72. The number of benzene rings is 1. The van der Waals surface area contributed by atoms with Gasteiger partial charge in [-0.25, -0.2) is 0 Å². The van der Waals surface area contributed by atoms with Gasteiger partial charge in [0, 0.05) is 32.1 Å². The second kappa shape index (κ2) is 6.82. The van der Waals surface area contributed by atoms with Crippen molar-refractivity contribution in [2.75, 3.05) is 13.1 Å². The molecule has 1 amide bonds. The molecule has 1 aromatic rings. The van der Waals surface area contributed by atoms with Crippen LogP contribution in [0.4, 0.5) is 0 Å². The van der Waals surface area contributed by atoms with Gasteiger partial charge in [0.15, 0.2) is 0 Å². The molecule has 0 bridgehead atoms. The molecule has 0 saturated carbocycles. The van der Waals surface area contributed by atoms with Gasteiger partial charge in [0.25, 0.3) is 0 Å². The SMILES string of the molecule is CC(=O)N1CC[C@H]2[C@H]1CCCCCN2Cc1ccccc1C. The quantitative estimate of drug-likeness (QED) is 0.836. The summed E-state index contributed by atoms with van der Waals surface area (Å²) in [5, 5.41) is 0. The van der Waals surface area contributed by atoms with E-state index in [1.54, 1.807) is 6.92 Å². The topological polar surface area (TPSA) is 23.6 Å². The van der Waals surface area contributed by atoms with E-state index >= 15 is 0 Å². The molecule has 22 heavy (non-hydrogen) atoms. The summed E-state index contributed by atoms with van der Waals surface area (Å²) in [6.07, 6.45) is 6.15. The molecule has 3 heteroatoms. The van der Waals surface area contributed by atoms with E-state index in [2.05, 4.69) is 41.0 Å². The number of amides is 1. The molecule has 0 aromatic heterocycles. The first kappa shape index (κ1) is 15.5. The van der Waals surface area contributed by atoms with E-state index in [1.165, 1.54) is 43.4 Å². The first-order chi connectivity index (χ1) is 10.7. The highest BCUT2D eigenvalue weighted by Crippen LogP contribution is 2.31. The zero-order valence-corrected chi connectivity index (χ0v) is 13.9. The Hall–Kier alpha value is -1.35. The van der Waals surface area contributed by atoms with Crippen molar-refractivity contribution < 1.29 is 4.79 Å². The highest BCUT2D eigenvalue weighted by molar-refractivity contribution is 5.74. The Morgan fingerprint density at radius 3 is 2.68 bits per heavy atom. The van der Waals surface area contributed by atoms with Gasteiger partial charge in [-0.2, -0.15) is 0 Å². The van der Waals surface area contributed by atoms with Crippen LogP contribution in [-0.2, 0) is 11.3 Å². The summed E-state index contributed by atoms with van der Waals surface area (Å²) >= 11 is 0. The molecule has 3 nitrogen and oxygen atoms in total. The predicted octanol–water partition coefficient (Wildman–Crippen LogP) is 3.36. The van der Waals surface area contributed by atoms with Gasteiger partial charge in [-0.3, -0.25) is 9.69 Å². The third-order valence-corrected chi connectivity index (χ3v) is 5.46. The molecule has 3 rings (SSSR count). The van der Waals surface area contributed by atoms with Crippen molar-refractivity contribution >= 4 is 5.91 Å². The minimum Gasteiger partial charge on any atom is -0.338 e. The number of hydrogen-bond donors (Lipinski definition) is 0. The minimum atomic E-state index is 0.254. The van der Waals surface area contributed by atoms with Crippen LogP contribution in [0.25, 0.3) is 0 Å². The van der Waals surface area contributed by atoms with E-state index in [9.17, 15) is 4.79 Å². The third kappa shape index (κ3) is 3.19. The van der Waals surface area contributed by atoms with Crippen LogP contribution in [0.2, 0.25) is 0 Å². The molecule has 0 spiro atoms. The summed E-state index contributed by atoms with van der Waals surface area (Å²) in [7, 11) is 0. The van der Waals surface area contributed by atoms with E-state index in [-0.39, 0.29) is 5.91 Å². The zero-order valence-electron chi connectivity index (χ0n) is 13.9. The average molecular weight is 300 g/mol. The first-order valence-electron chi connectivity index (χ1n) is 8.72. The summed E-state index contributed by atoms with van der Waals surface area (Å²) < 4.78 is 0. The van der Waals surface area contributed by atoms with Crippen LogP contribution in [0.1, 0.15) is 50.2 Å².